The van der Waals surface area contributed by atoms with Crippen molar-refractivity contribution < 1.29 is 13.5 Å². The molecule has 0 aliphatic carbocycles. The van der Waals surface area contributed by atoms with Gasteiger partial charge in [-0.05, 0) is 29.8 Å². The van der Waals surface area contributed by atoms with Gasteiger partial charge in [-0.3, -0.25) is 0 Å². The smallest absolute Gasteiger partial charge is 0.203 e. The fourth-order valence-electron chi connectivity index (χ4n) is 2.50. The van der Waals surface area contributed by atoms with E-state index in [1.165, 1.54) is 0 Å². The van der Waals surface area contributed by atoms with E-state index in [-0.39, 0.29) is 5.56 Å². The molecule has 0 saturated carbocycles. The second kappa shape index (κ2) is 8.53. The van der Waals surface area contributed by atoms with Crippen molar-refractivity contribution in [3.05, 3.63) is 76.1 Å². The molecule has 2 aromatic carbocycles. The molecule has 0 amide bonds. The number of hydrogen-bond donors (Lipinski definition) is 1. The van der Waals surface area contributed by atoms with Gasteiger partial charge in [-0.2, -0.15) is 4.37 Å². The third-order valence-electron chi connectivity index (χ3n) is 3.75. The summed E-state index contributed by atoms with van der Waals surface area (Å²) in [6.45, 7) is 0.503. The Morgan fingerprint density at radius 1 is 1.19 bits per heavy atom. The van der Waals surface area contributed by atoms with Crippen LogP contribution in [0.2, 0.25) is 5.02 Å². The fourth-order valence-corrected chi connectivity index (χ4v) is 3.38. The van der Waals surface area contributed by atoms with Crippen molar-refractivity contribution in [3.63, 3.8) is 0 Å². The number of halogens is 3. The van der Waals surface area contributed by atoms with Crippen molar-refractivity contribution in [1.29, 1.82) is 0 Å². The minimum atomic E-state index is -0.706. The number of aromatic nitrogens is 2. The summed E-state index contributed by atoms with van der Waals surface area (Å²) in [4.78, 5) is 4.38. The molecule has 0 saturated heterocycles. The second-order valence-electron chi connectivity index (χ2n) is 5.52. The van der Waals surface area contributed by atoms with Gasteiger partial charge in [0.1, 0.15) is 17.5 Å². The van der Waals surface area contributed by atoms with E-state index < -0.39 is 17.7 Å². The molecule has 3 aromatic rings. The van der Waals surface area contributed by atoms with E-state index in [0.717, 1.165) is 29.7 Å². The molecule has 1 N–H and O–H groups in total. The molecule has 136 valence electrons. The monoisotopic (exact) mass is 395 g/mol. The molecule has 1 aromatic heterocycles. The molecule has 4 nitrogen and oxygen atoms in total. The van der Waals surface area contributed by atoms with E-state index >= 15 is 0 Å². The van der Waals surface area contributed by atoms with Crippen molar-refractivity contribution in [2.45, 2.75) is 12.5 Å². The molecule has 26 heavy (non-hydrogen) atoms. The van der Waals surface area contributed by atoms with Crippen LogP contribution in [-0.4, -0.2) is 23.1 Å². The standard InChI is InChI=1S/C18H16ClF2N3OS/c1-25-9-8-16-22-18(26-24-16)23-17(12-4-2-3-5-14(12)19)13-10-11(20)6-7-15(13)21/h2-7,10,17H,8-9H2,1H3,(H,22,23,24). The Balaban J connectivity index is 1.97. The van der Waals surface area contributed by atoms with E-state index in [4.69, 9.17) is 16.3 Å². The Morgan fingerprint density at radius 2 is 2.00 bits per heavy atom. The number of nitrogens with zero attached hydrogens (tertiary/aromatic N) is 2. The Labute approximate surface area is 159 Å². The van der Waals surface area contributed by atoms with Crippen molar-refractivity contribution in [1.82, 2.24) is 9.36 Å². The third-order valence-corrected chi connectivity index (χ3v) is 4.78. The van der Waals surface area contributed by atoms with Crippen LogP contribution in [-0.2, 0) is 11.2 Å². The first-order chi connectivity index (χ1) is 12.6. The zero-order chi connectivity index (χ0) is 18.5. The topological polar surface area (TPSA) is 47.0 Å². The van der Waals surface area contributed by atoms with Gasteiger partial charge in [0.2, 0.25) is 5.13 Å². The van der Waals surface area contributed by atoms with Gasteiger partial charge in [0.25, 0.3) is 0 Å². The first kappa shape index (κ1) is 18.7. The Morgan fingerprint density at radius 3 is 2.77 bits per heavy atom. The van der Waals surface area contributed by atoms with E-state index in [1.807, 2.05) is 0 Å². The molecule has 0 aliphatic heterocycles. The van der Waals surface area contributed by atoms with Gasteiger partial charge >= 0.3 is 0 Å². The summed E-state index contributed by atoms with van der Waals surface area (Å²) in [5.41, 5.74) is 0.763. The largest absolute Gasteiger partial charge is 0.384 e. The summed E-state index contributed by atoms with van der Waals surface area (Å²) in [5, 5.41) is 4.06. The first-order valence-electron chi connectivity index (χ1n) is 7.86. The highest BCUT2D eigenvalue weighted by Crippen LogP contribution is 2.33. The van der Waals surface area contributed by atoms with Crippen LogP contribution in [0.1, 0.15) is 23.0 Å². The normalized spacial score (nSPS) is 12.2. The average molecular weight is 396 g/mol. The van der Waals surface area contributed by atoms with E-state index in [2.05, 4.69) is 14.7 Å². The van der Waals surface area contributed by atoms with Gasteiger partial charge in [0.05, 0.1) is 12.6 Å². The van der Waals surface area contributed by atoms with Crippen LogP contribution in [0.5, 0.6) is 0 Å². The van der Waals surface area contributed by atoms with E-state index in [9.17, 15) is 8.78 Å². The van der Waals surface area contributed by atoms with Crippen LogP contribution in [0.4, 0.5) is 13.9 Å². The molecule has 1 heterocycles. The maximum absolute atomic E-state index is 14.4. The lowest BCUT2D eigenvalue weighted by molar-refractivity contribution is 0.201. The van der Waals surface area contributed by atoms with Gasteiger partial charge in [-0.25, -0.2) is 13.8 Å². The van der Waals surface area contributed by atoms with Gasteiger partial charge in [0, 0.05) is 35.6 Å². The van der Waals surface area contributed by atoms with Crippen molar-refractivity contribution in [2.75, 3.05) is 19.0 Å². The molecular formula is C18H16ClF2N3OS. The summed E-state index contributed by atoms with van der Waals surface area (Å²) in [6, 6.07) is 9.65. The van der Waals surface area contributed by atoms with Crippen LogP contribution >= 0.6 is 23.1 Å². The summed E-state index contributed by atoms with van der Waals surface area (Å²) in [6.07, 6.45) is 0.569. The van der Waals surface area contributed by atoms with Crippen LogP contribution in [0.3, 0.4) is 0 Å². The zero-order valence-electron chi connectivity index (χ0n) is 13.9. The lowest BCUT2D eigenvalue weighted by Crippen LogP contribution is -2.15. The number of methoxy groups -OCH3 is 1. The molecule has 1 atom stereocenters. The molecule has 0 aliphatic rings. The lowest BCUT2D eigenvalue weighted by Gasteiger charge is -2.21. The molecule has 3 rings (SSSR count). The van der Waals surface area contributed by atoms with Crippen LogP contribution in [0, 0.1) is 11.6 Å². The van der Waals surface area contributed by atoms with E-state index in [1.54, 1.807) is 31.4 Å². The van der Waals surface area contributed by atoms with Crippen LogP contribution < -0.4 is 5.32 Å². The summed E-state index contributed by atoms with van der Waals surface area (Å²) in [5.74, 6) is -0.441. The number of nitrogens with one attached hydrogen (secondary N) is 1. The average Bonchev–Trinajstić information content (AvgIpc) is 3.08. The fraction of sp³-hybridized carbons (Fsp3) is 0.222. The van der Waals surface area contributed by atoms with E-state index in [0.29, 0.717) is 34.6 Å². The summed E-state index contributed by atoms with van der Waals surface area (Å²) < 4.78 is 37.4. The highest BCUT2D eigenvalue weighted by Gasteiger charge is 2.22. The zero-order valence-corrected chi connectivity index (χ0v) is 15.5. The molecule has 1 unspecified atom stereocenters. The molecule has 0 fully saturated rings. The molecular weight excluding hydrogens is 380 g/mol. The Kier molecular flexibility index (Phi) is 6.13. The highest BCUT2D eigenvalue weighted by atomic mass is 35.5. The number of anilines is 1. The lowest BCUT2D eigenvalue weighted by atomic mass is 9.98. The minimum absolute atomic E-state index is 0.145. The van der Waals surface area contributed by atoms with Gasteiger partial charge in [0.15, 0.2) is 0 Å². The SMILES string of the molecule is COCCc1nsc(NC(c2cc(F)ccc2F)c2ccccc2Cl)n1. The predicted octanol–water partition coefficient (Wildman–Crippen LogP) is 4.86. The highest BCUT2D eigenvalue weighted by molar-refractivity contribution is 7.09. The molecule has 8 heteroatoms. The number of hydrogen-bond acceptors (Lipinski definition) is 5. The molecule has 0 radical (unpaired) electrons. The molecule has 0 bridgehead atoms. The summed E-state index contributed by atoms with van der Waals surface area (Å²) in [7, 11) is 1.60. The Bertz CT molecular complexity index is 890. The van der Waals surface area contributed by atoms with Crippen molar-refractivity contribution >= 4 is 28.3 Å². The van der Waals surface area contributed by atoms with Gasteiger partial charge < -0.3 is 10.1 Å². The second-order valence-corrected chi connectivity index (χ2v) is 6.68. The van der Waals surface area contributed by atoms with Crippen molar-refractivity contribution in [3.8, 4) is 0 Å². The quantitative estimate of drug-likeness (QED) is 0.620. The number of rotatable bonds is 7. The molecule has 0 spiro atoms. The van der Waals surface area contributed by atoms with Crippen LogP contribution in [0.25, 0.3) is 0 Å². The van der Waals surface area contributed by atoms with Crippen LogP contribution in [0.15, 0.2) is 42.5 Å². The summed E-state index contributed by atoms with van der Waals surface area (Å²) >= 11 is 7.44. The van der Waals surface area contributed by atoms with Crippen molar-refractivity contribution in [2.24, 2.45) is 0 Å². The first-order valence-corrected chi connectivity index (χ1v) is 9.01. The Hall–Kier alpha value is -2.09. The van der Waals surface area contributed by atoms with Gasteiger partial charge in [-0.15, -0.1) is 0 Å². The number of benzene rings is 2. The third kappa shape index (κ3) is 4.35. The minimum Gasteiger partial charge on any atom is -0.384 e. The number of ether oxygens (including phenoxy) is 1. The predicted molar refractivity (Wildman–Crippen MR) is 98.8 cm³/mol. The van der Waals surface area contributed by atoms with Gasteiger partial charge in [-0.1, -0.05) is 29.8 Å². The maximum atomic E-state index is 14.4. The maximum Gasteiger partial charge on any atom is 0.203 e.